The molecule has 1 aromatic rings. The van der Waals surface area contributed by atoms with Crippen molar-refractivity contribution in [3.63, 3.8) is 0 Å². The molecular formula is C13H21ClOS. The van der Waals surface area contributed by atoms with Gasteiger partial charge in [-0.2, -0.15) is 0 Å². The summed E-state index contributed by atoms with van der Waals surface area (Å²) in [5.74, 6) is 0. The summed E-state index contributed by atoms with van der Waals surface area (Å²) in [4.78, 5) is 0.939. The van der Waals surface area contributed by atoms with Gasteiger partial charge in [0.2, 0.25) is 0 Å². The molecule has 0 saturated heterocycles. The molecule has 1 heterocycles. The zero-order chi connectivity index (χ0) is 12.0. The number of hydrogen-bond acceptors (Lipinski definition) is 2. The maximum absolute atomic E-state index is 10.00. The van der Waals surface area contributed by atoms with Crippen LogP contribution in [0.1, 0.15) is 62.0 Å². The summed E-state index contributed by atoms with van der Waals surface area (Å²) in [7, 11) is 0. The molecule has 0 spiro atoms. The molecule has 1 rings (SSSR count). The summed E-state index contributed by atoms with van der Waals surface area (Å²) in [5, 5.41) is 12.8. The Balaban J connectivity index is 2.30. The van der Waals surface area contributed by atoms with Crippen LogP contribution in [-0.2, 0) is 0 Å². The van der Waals surface area contributed by atoms with Crippen molar-refractivity contribution in [2.75, 3.05) is 0 Å². The van der Waals surface area contributed by atoms with E-state index in [1.165, 1.54) is 25.7 Å². The van der Waals surface area contributed by atoms with Crippen LogP contribution in [0.25, 0.3) is 0 Å². The van der Waals surface area contributed by atoms with E-state index in [0.29, 0.717) is 0 Å². The maximum atomic E-state index is 10.00. The summed E-state index contributed by atoms with van der Waals surface area (Å²) in [6.45, 7) is 4.19. The van der Waals surface area contributed by atoms with E-state index in [1.807, 2.05) is 12.3 Å². The van der Waals surface area contributed by atoms with Gasteiger partial charge in [0.25, 0.3) is 0 Å². The molecule has 1 aromatic heterocycles. The fourth-order valence-electron chi connectivity index (χ4n) is 1.75. The van der Waals surface area contributed by atoms with E-state index in [4.69, 9.17) is 11.6 Å². The van der Waals surface area contributed by atoms with Crippen LogP contribution in [0.4, 0.5) is 0 Å². The second-order valence-electron chi connectivity index (χ2n) is 4.32. The molecule has 1 unspecified atom stereocenters. The highest BCUT2D eigenvalue weighted by Crippen LogP contribution is 2.34. The van der Waals surface area contributed by atoms with Crippen LogP contribution in [0.3, 0.4) is 0 Å². The van der Waals surface area contributed by atoms with E-state index in [2.05, 4.69) is 6.92 Å². The number of unbranched alkanes of at least 4 members (excludes halogenated alkanes) is 4. The van der Waals surface area contributed by atoms with Gasteiger partial charge in [-0.1, -0.05) is 50.6 Å². The summed E-state index contributed by atoms with van der Waals surface area (Å²) in [5.41, 5.74) is 1.08. The van der Waals surface area contributed by atoms with Crippen LogP contribution in [0, 0.1) is 6.92 Å². The molecule has 16 heavy (non-hydrogen) atoms. The number of halogens is 1. The molecule has 0 fully saturated rings. The predicted molar refractivity (Wildman–Crippen MR) is 72.4 cm³/mol. The predicted octanol–water partition coefficient (Wildman–Crippen LogP) is 5.10. The Morgan fingerprint density at radius 1 is 1.31 bits per heavy atom. The van der Waals surface area contributed by atoms with Gasteiger partial charge in [0.05, 0.1) is 16.0 Å². The minimum Gasteiger partial charge on any atom is -0.388 e. The lowest BCUT2D eigenvalue weighted by Crippen LogP contribution is -1.95. The van der Waals surface area contributed by atoms with Gasteiger partial charge in [-0.3, -0.25) is 0 Å². The lowest BCUT2D eigenvalue weighted by atomic mass is 10.1. The molecule has 1 nitrogen and oxygen atoms in total. The average molecular weight is 261 g/mol. The fourth-order valence-corrected chi connectivity index (χ4v) is 3.09. The van der Waals surface area contributed by atoms with Crippen LogP contribution >= 0.6 is 22.9 Å². The van der Waals surface area contributed by atoms with E-state index in [1.54, 1.807) is 11.3 Å². The van der Waals surface area contributed by atoms with Crippen molar-refractivity contribution in [2.24, 2.45) is 0 Å². The van der Waals surface area contributed by atoms with Gasteiger partial charge in [0, 0.05) is 0 Å². The molecule has 0 amide bonds. The second-order valence-corrected chi connectivity index (χ2v) is 5.60. The Labute approximate surface area is 107 Å². The molecule has 92 valence electrons. The normalized spacial score (nSPS) is 13.0. The number of rotatable bonds is 7. The van der Waals surface area contributed by atoms with Crippen LogP contribution in [-0.4, -0.2) is 5.11 Å². The molecule has 0 aliphatic heterocycles. The average Bonchev–Trinajstić information content (AvgIpc) is 2.59. The van der Waals surface area contributed by atoms with E-state index in [9.17, 15) is 5.11 Å². The SMILES string of the molecule is CCCCCCCC(O)c1scc(C)c1Cl. The Hall–Kier alpha value is -0.0500. The third kappa shape index (κ3) is 4.08. The zero-order valence-electron chi connectivity index (χ0n) is 10.1. The molecule has 0 aromatic carbocycles. The van der Waals surface area contributed by atoms with Crippen molar-refractivity contribution in [1.82, 2.24) is 0 Å². The number of hydrogen-bond donors (Lipinski definition) is 1. The van der Waals surface area contributed by atoms with E-state index < -0.39 is 0 Å². The van der Waals surface area contributed by atoms with Gasteiger partial charge in [-0.15, -0.1) is 11.3 Å². The Morgan fingerprint density at radius 2 is 2.00 bits per heavy atom. The minimum atomic E-state index is -0.368. The first kappa shape index (κ1) is 14.0. The van der Waals surface area contributed by atoms with Gasteiger partial charge >= 0.3 is 0 Å². The summed E-state index contributed by atoms with van der Waals surface area (Å²) in [6, 6.07) is 0. The number of aliphatic hydroxyl groups excluding tert-OH is 1. The first-order valence-corrected chi connectivity index (χ1v) is 7.34. The number of aliphatic hydroxyl groups is 1. The molecule has 3 heteroatoms. The number of aryl methyl sites for hydroxylation is 1. The van der Waals surface area contributed by atoms with Crippen molar-refractivity contribution in [3.05, 3.63) is 20.8 Å². The molecule has 0 saturated carbocycles. The molecule has 0 aliphatic rings. The van der Waals surface area contributed by atoms with Gasteiger partial charge < -0.3 is 5.11 Å². The molecule has 0 aliphatic carbocycles. The van der Waals surface area contributed by atoms with Gasteiger partial charge in [0.1, 0.15) is 0 Å². The highest BCUT2D eigenvalue weighted by molar-refractivity contribution is 7.10. The fraction of sp³-hybridized carbons (Fsp3) is 0.692. The Kier molecular flexibility index (Phi) is 6.40. The van der Waals surface area contributed by atoms with Crippen LogP contribution in [0.2, 0.25) is 5.02 Å². The van der Waals surface area contributed by atoms with Crippen molar-refractivity contribution in [3.8, 4) is 0 Å². The maximum Gasteiger partial charge on any atom is 0.0897 e. The van der Waals surface area contributed by atoms with E-state index in [0.717, 1.165) is 28.3 Å². The third-order valence-corrected chi connectivity index (χ3v) is 4.62. The Bertz CT molecular complexity index is 309. The Morgan fingerprint density at radius 3 is 2.56 bits per heavy atom. The quantitative estimate of drug-likeness (QED) is 0.676. The van der Waals surface area contributed by atoms with Crippen molar-refractivity contribution in [1.29, 1.82) is 0 Å². The van der Waals surface area contributed by atoms with Crippen molar-refractivity contribution < 1.29 is 5.11 Å². The van der Waals surface area contributed by atoms with Gasteiger partial charge in [0.15, 0.2) is 0 Å². The molecule has 0 bridgehead atoms. The lowest BCUT2D eigenvalue weighted by Gasteiger charge is -2.09. The van der Waals surface area contributed by atoms with Crippen molar-refractivity contribution in [2.45, 2.75) is 58.5 Å². The third-order valence-electron chi connectivity index (χ3n) is 2.81. The largest absolute Gasteiger partial charge is 0.388 e. The van der Waals surface area contributed by atoms with E-state index in [-0.39, 0.29) is 6.10 Å². The summed E-state index contributed by atoms with van der Waals surface area (Å²) < 4.78 is 0. The second kappa shape index (κ2) is 7.31. The molecule has 1 N–H and O–H groups in total. The minimum absolute atomic E-state index is 0.368. The molecular weight excluding hydrogens is 240 g/mol. The highest BCUT2D eigenvalue weighted by Gasteiger charge is 2.14. The highest BCUT2D eigenvalue weighted by atomic mass is 35.5. The monoisotopic (exact) mass is 260 g/mol. The first-order valence-electron chi connectivity index (χ1n) is 6.08. The first-order chi connectivity index (χ1) is 7.66. The standard InChI is InChI=1S/C13H21ClOS/c1-3-4-5-6-7-8-11(15)13-12(14)10(2)9-16-13/h9,11,15H,3-8H2,1-2H3. The topological polar surface area (TPSA) is 20.2 Å². The summed E-state index contributed by atoms with van der Waals surface area (Å²) >= 11 is 7.69. The van der Waals surface area contributed by atoms with Crippen molar-refractivity contribution >= 4 is 22.9 Å². The zero-order valence-corrected chi connectivity index (χ0v) is 11.7. The number of thiophene rings is 1. The molecule has 1 atom stereocenters. The van der Waals surface area contributed by atoms with Gasteiger partial charge in [-0.05, 0) is 24.3 Å². The van der Waals surface area contributed by atoms with Crippen LogP contribution < -0.4 is 0 Å². The summed E-state index contributed by atoms with van der Waals surface area (Å²) in [6.07, 6.45) is 6.62. The van der Waals surface area contributed by atoms with Gasteiger partial charge in [-0.25, -0.2) is 0 Å². The smallest absolute Gasteiger partial charge is 0.0897 e. The molecule has 0 radical (unpaired) electrons. The van der Waals surface area contributed by atoms with E-state index >= 15 is 0 Å². The van der Waals surface area contributed by atoms with Crippen LogP contribution in [0.15, 0.2) is 5.38 Å². The van der Waals surface area contributed by atoms with Crippen LogP contribution in [0.5, 0.6) is 0 Å². The lowest BCUT2D eigenvalue weighted by molar-refractivity contribution is 0.167.